The van der Waals surface area contributed by atoms with Crippen LogP contribution in [-0.4, -0.2) is 79.4 Å². The largest absolute Gasteiger partial charge is 0.490 e. The van der Waals surface area contributed by atoms with Crippen molar-refractivity contribution < 1.29 is 19.2 Å². The van der Waals surface area contributed by atoms with Gasteiger partial charge in [-0.2, -0.15) is 0 Å². The molecule has 0 atom stereocenters. The van der Waals surface area contributed by atoms with E-state index in [-0.39, 0.29) is 17.3 Å². The Labute approximate surface area is 182 Å². The summed E-state index contributed by atoms with van der Waals surface area (Å²) in [4.78, 5) is 27.7. The molecule has 0 aliphatic carbocycles. The second kappa shape index (κ2) is 11.5. The monoisotopic (exact) mass is 437 g/mol. The van der Waals surface area contributed by atoms with Gasteiger partial charge in [0.2, 0.25) is 5.91 Å². The van der Waals surface area contributed by atoms with Crippen LogP contribution in [0.2, 0.25) is 0 Å². The zero-order valence-electron chi connectivity index (χ0n) is 17.6. The quantitative estimate of drug-likeness (QED) is 0.434. The smallest absolute Gasteiger partial charge is 0.311 e. The molecule has 0 radical (unpaired) electrons. The fourth-order valence-corrected chi connectivity index (χ4v) is 4.85. The van der Waals surface area contributed by atoms with Gasteiger partial charge in [-0.15, -0.1) is 11.8 Å². The average Bonchev–Trinajstić information content (AvgIpc) is 2.78. The van der Waals surface area contributed by atoms with E-state index in [1.165, 1.54) is 31.4 Å². The third-order valence-electron chi connectivity index (χ3n) is 5.86. The number of likely N-dealkylation sites (tertiary alicyclic amines) is 1. The summed E-state index contributed by atoms with van der Waals surface area (Å²) < 4.78 is 10.4. The van der Waals surface area contributed by atoms with Gasteiger partial charge >= 0.3 is 5.69 Å². The second-order valence-corrected chi connectivity index (χ2v) is 8.81. The lowest BCUT2D eigenvalue weighted by molar-refractivity contribution is -0.385. The van der Waals surface area contributed by atoms with Crippen LogP contribution >= 0.6 is 11.8 Å². The van der Waals surface area contributed by atoms with Crippen LogP contribution < -0.4 is 4.74 Å². The van der Waals surface area contributed by atoms with Gasteiger partial charge in [0.25, 0.3) is 0 Å². The number of rotatable bonds is 9. The highest BCUT2D eigenvalue weighted by atomic mass is 32.2. The molecule has 1 aromatic carbocycles. The molecule has 1 aromatic rings. The predicted molar refractivity (Wildman–Crippen MR) is 117 cm³/mol. The van der Waals surface area contributed by atoms with Crippen molar-refractivity contribution in [2.45, 2.75) is 25.0 Å². The molecular weight excluding hydrogens is 406 g/mol. The summed E-state index contributed by atoms with van der Waals surface area (Å²) in [5.41, 5.74) is 0.781. The van der Waals surface area contributed by atoms with Gasteiger partial charge in [-0.1, -0.05) is 6.07 Å². The Hall–Kier alpha value is -1.84. The number of ether oxygens (including phenoxy) is 2. The molecule has 30 heavy (non-hydrogen) atoms. The van der Waals surface area contributed by atoms with Crippen LogP contribution in [-0.2, 0) is 15.3 Å². The van der Waals surface area contributed by atoms with Crippen LogP contribution in [0.25, 0.3) is 0 Å². The molecule has 0 spiro atoms. The van der Waals surface area contributed by atoms with Crippen molar-refractivity contribution in [3.63, 3.8) is 0 Å². The lowest BCUT2D eigenvalue weighted by Gasteiger charge is -2.34. The van der Waals surface area contributed by atoms with Crippen LogP contribution in [0.5, 0.6) is 5.75 Å². The molecular formula is C21H31N3O5S. The normalized spacial score (nSPS) is 18.4. The van der Waals surface area contributed by atoms with Crippen LogP contribution in [0.3, 0.4) is 0 Å². The van der Waals surface area contributed by atoms with Gasteiger partial charge in [0, 0.05) is 38.0 Å². The Morgan fingerprint density at radius 3 is 2.67 bits per heavy atom. The number of amides is 1. The van der Waals surface area contributed by atoms with E-state index in [4.69, 9.17) is 9.47 Å². The van der Waals surface area contributed by atoms with E-state index in [9.17, 15) is 14.9 Å². The maximum absolute atomic E-state index is 12.5. The molecule has 0 aromatic heterocycles. The molecule has 0 N–H and O–H groups in total. The van der Waals surface area contributed by atoms with Crippen LogP contribution in [0, 0.1) is 16.0 Å². The second-order valence-electron chi connectivity index (χ2n) is 7.82. The number of carbonyl (C=O) groups excluding carboxylic acids is 1. The lowest BCUT2D eigenvalue weighted by Crippen LogP contribution is -2.41. The minimum atomic E-state index is -0.443. The summed E-state index contributed by atoms with van der Waals surface area (Å²) in [5, 5.41) is 11.1. The molecule has 0 bridgehead atoms. The van der Waals surface area contributed by atoms with Gasteiger partial charge in [0.15, 0.2) is 5.75 Å². The Balaban J connectivity index is 1.36. The summed E-state index contributed by atoms with van der Waals surface area (Å²) in [5.74, 6) is 2.07. The van der Waals surface area contributed by atoms with Crippen LogP contribution in [0.15, 0.2) is 18.2 Å². The summed E-state index contributed by atoms with van der Waals surface area (Å²) in [6.45, 7) is 6.55. The van der Waals surface area contributed by atoms with Gasteiger partial charge < -0.3 is 14.4 Å². The van der Waals surface area contributed by atoms with Crippen molar-refractivity contribution in [1.82, 2.24) is 9.80 Å². The predicted octanol–water partition coefficient (Wildman–Crippen LogP) is 2.80. The maximum Gasteiger partial charge on any atom is 0.311 e. The third-order valence-corrected chi connectivity index (χ3v) is 6.85. The third kappa shape index (κ3) is 6.58. The number of nitrogens with zero attached hydrogens (tertiary/aromatic N) is 3. The van der Waals surface area contributed by atoms with E-state index < -0.39 is 4.92 Å². The fourth-order valence-electron chi connectivity index (χ4n) is 3.98. The molecule has 8 nitrogen and oxygen atoms in total. The Morgan fingerprint density at radius 1 is 1.27 bits per heavy atom. The van der Waals surface area contributed by atoms with Crippen molar-refractivity contribution in [2.24, 2.45) is 5.92 Å². The van der Waals surface area contributed by atoms with Crippen molar-refractivity contribution in [1.29, 1.82) is 0 Å². The Morgan fingerprint density at radius 2 is 2.00 bits per heavy atom. The topological polar surface area (TPSA) is 85.2 Å². The number of methoxy groups -OCH3 is 1. The zero-order chi connectivity index (χ0) is 21.3. The summed E-state index contributed by atoms with van der Waals surface area (Å²) in [6, 6.07) is 4.94. The number of hydrogen-bond donors (Lipinski definition) is 0. The highest BCUT2D eigenvalue weighted by Crippen LogP contribution is 2.29. The number of nitro groups is 1. The molecule has 2 aliphatic heterocycles. The lowest BCUT2D eigenvalue weighted by atomic mass is 9.93. The summed E-state index contributed by atoms with van der Waals surface area (Å²) >= 11 is 1.50. The number of morpholine rings is 1. The molecule has 0 unspecified atom stereocenters. The molecule has 2 saturated heterocycles. The average molecular weight is 438 g/mol. The SMILES string of the molecule is COc1ccc(CSCC(=O)N2CCC(CCN3CCOCC3)CC2)cc1[N+](=O)[O-]. The van der Waals surface area contributed by atoms with Crippen molar-refractivity contribution in [2.75, 3.05) is 58.8 Å². The Bertz CT molecular complexity index is 719. The zero-order valence-corrected chi connectivity index (χ0v) is 18.4. The Kier molecular flexibility index (Phi) is 8.77. The highest BCUT2D eigenvalue weighted by molar-refractivity contribution is 7.99. The molecule has 9 heteroatoms. The van der Waals surface area contributed by atoms with E-state index in [2.05, 4.69) is 4.90 Å². The minimum absolute atomic E-state index is 0.0407. The molecule has 2 heterocycles. The van der Waals surface area contributed by atoms with Crippen LogP contribution in [0.1, 0.15) is 24.8 Å². The van der Waals surface area contributed by atoms with Gasteiger partial charge in [0.1, 0.15) is 0 Å². The standard InChI is InChI=1S/C21H31N3O5S/c1-28-20-3-2-18(14-19(20)24(26)27)15-30-16-21(25)23-8-5-17(6-9-23)4-7-22-10-12-29-13-11-22/h2-3,14,17H,4-13,15-16H2,1H3. The number of thioether (sulfide) groups is 1. The number of hydrogen-bond acceptors (Lipinski definition) is 7. The maximum atomic E-state index is 12.5. The number of nitro benzene ring substituents is 1. The van der Waals surface area contributed by atoms with Gasteiger partial charge in [-0.05, 0) is 43.4 Å². The van der Waals surface area contributed by atoms with E-state index in [1.807, 2.05) is 11.0 Å². The molecule has 1 amide bonds. The van der Waals surface area contributed by atoms with Crippen molar-refractivity contribution >= 4 is 23.4 Å². The molecule has 2 aliphatic rings. The fraction of sp³-hybridized carbons (Fsp3) is 0.667. The van der Waals surface area contributed by atoms with Gasteiger partial charge in [0.05, 0.1) is 31.0 Å². The van der Waals surface area contributed by atoms with E-state index >= 15 is 0 Å². The molecule has 166 valence electrons. The summed E-state index contributed by atoms with van der Waals surface area (Å²) in [6.07, 6.45) is 3.35. The number of benzene rings is 1. The van der Waals surface area contributed by atoms with Crippen molar-refractivity contribution in [3.8, 4) is 5.75 Å². The van der Waals surface area contributed by atoms with Crippen LogP contribution in [0.4, 0.5) is 5.69 Å². The van der Waals surface area contributed by atoms with Gasteiger partial charge in [-0.3, -0.25) is 19.8 Å². The minimum Gasteiger partial charge on any atom is -0.490 e. The van der Waals surface area contributed by atoms with E-state index in [0.29, 0.717) is 17.4 Å². The van der Waals surface area contributed by atoms with E-state index in [1.54, 1.807) is 6.07 Å². The molecule has 2 fully saturated rings. The molecule has 3 rings (SSSR count). The van der Waals surface area contributed by atoms with E-state index in [0.717, 1.165) is 64.3 Å². The first-order valence-corrected chi connectivity index (χ1v) is 11.7. The number of carbonyl (C=O) groups is 1. The molecule has 0 saturated carbocycles. The first kappa shape index (κ1) is 22.8. The van der Waals surface area contributed by atoms with Crippen molar-refractivity contribution in [3.05, 3.63) is 33.9 Å². The first-order chi connectivity index (χ1) is 14.6. The number of piperidine rings is 1. The first-order valence-electron chi connectivity index (χ1n) is 10.5. The highest BCUT2D eigenvalue weighted by Gasteiger charge is 2.23. The summed E-state index contributed by atoms with van der Waals surface area (Å²) in [7, 11) is 1.42. The van der Waals surface area contributed by atoms with Gasteiger partial charge in [-0.25, -0.2) is 0 Å².